The van der Waals surface area contributed by atoms with Crippen molar-refractivity contribution >= 4 is 11.6 Å². The summed E-state index contributed by atoms with van der Waals surface area (Å²) in [6.45, 7) is 3.26. The molecule has 2 aliphatic heterocycles. The molecule has 0 radical (unpaired) electrons. The SMILES string of the molecule is Cc1ccc(C2=NN(C(=O)CN(C)Cc3ccccc3)C(c3ccc4c(c3)OCO4)C2)cc1. The maximum atomic E-state index is 13.4. The van der Waals surface area contributed by atoms with Crippen molar-refractivity contribution < 1.29 is 14.3 Å². The number of ether oxygens (including phenoxy) is 2. The van der Waals surface area contributed by atoms with Gasteiger partial charge in [0.1, 0.15) is 0 Å². The number of hydrazone groups is 1. The van der Waals surface area contributed by atoms with Gasteiger partial charge in [0.05, 0.1) is 18.3 Å². The van der Waals surface area contributed by atoms with Crippen LogP contribution in [0.2, 0.25) is 0 Å². The Morgan fingerprint density at radius 2 is 1.79 bits per heavy atom. The molecular weight excluding hydrogens is 414 g/mol. The highest BCUT2D eigenvalue weighted by Gasteiger charge is 2.34. The Morgan fingerprint density at radius 3 is 2.58 bits per heavy atom. The molecule has 0 bridgehead atoms. The molecule has 168 valence electrons. The lowest BCUT2D eigenvalue weighted by Crippen LogP contribution is -2.36. The van der Waals surface area contributed by atoms with Crippen LogP contribution in [0.1, 0.15) is 34.7 Å². The predicted octanol–water partition coefficient (Wildman–Crippen LogP) is 4.53. The van der Waals surface area contributed by atoms with Crippen molar-refractivity contribution in [1.29, 1.82) is 0 Å². The number of aryl methyl sites for hydroxylation is 1. The minimum Gasteiger partial charge on any atom is -0.454 e. The summed E-state index contributed by atoms with van der Waals surface area (Å²) >= 11 is 0. The van der Waals surface area contributed by atoms with Gasteiger partial charge in [-0.05, 0) is 42.8 Å². The maximum Gasteiger partial charge on any atom is 0.257 e. The average Bonchev–Trinajstić information content (AvgIpc) is 3.47. The van der Waals surface area contributed by atoms with E-state index in [0.717, 1.165) is 22.6 Å². The monoisotopic (exact) mass is 441 g/mol. The largest absolute Gasteiger partial charge is 0.454 e. The molecule has 1 amide bonds. The van der Waals surface area contributed by atoms with Crippen molar-refractivity contribution in [3.8, 4) is 11.5 Å². The molecule has 0 saturated carbocycles. The summed E-state index contributed by atoms with van der Waals surface area (Å²) in [6, 6.07) is 24.1. The van der Waals surface area contributed by atoms with Gasteiger partial charge in [0.25, 0.3) is 5.91 Å². The summed E-state index contributed by atoms with van der Waals surface area (Å²) in [6.07, 6.45) is 0.650. The van der Waals surface area contributed by atoms with E-state index in [0.29, 0.717) is 18.7 Å². The van der Waals surface area contributed by atoms with E-state index in [2.05, 4.69) is 43.3 Å². The normalized spacial score (nSPS) is 16.9. The molecule has 0 spiro atoms. The first-order valence-corrected chi connectivity index (χ1v) is 11.2. The van der Waals surface area contributed by atoms with Crippen LogP contribution >= 0.6 is 0 Å². The van der Waals surface area contributed by atoms with Gasteiger partial charge >= 0.3 is 0 Å². The predicted molar refractivity (Wildman–Crippen MR) is 127 cm³/mol. The van der Waals surface area contributed by atoms with Crippen LogP contribution < -0.4 is 9.47 Å². The number of carbonyl (C=O) groups is 1. The van der Waals surface area contributed by atoms with E-state index in [1.54, 1.807) is 5.01 Å². The molecule has 0 fully saturated rings. The second-order valence-electron chi connectivity index (χ2n) is 8.64. The molecule has 0 aromatic heterocycles. The van der Waals surface area contributed by atoms with Crippen molar-refractivity contribution in [2.24, 2.45) is 5.10 Å². The number of fused-ring (bicyclic) bond motifs is 1. The molecule has 1 unspecified atom stereocenters. The molecule has 0 saturated heterocycles. The summed E-state index contributed by atoms with van der Waals surface area (Å²) in [7, 11) is 1.96. The Balaban J connectivity index is 1.39. The van der Waals surface area contributed by atoms with Gasteiger partial charge in [-0.3, -0.25) is 9.69 Å². The Labute approximate surface area is 194 Å². The fourth-order valence-electron chi connectivity index (χ4n) is 4.30. The highest BCUT2D eigenvalue weighted by molar-refractivity contribution is 6.03. The topological polar surface area (TPSA) is 54.4 Å². The molecule has 1 atom stereocenters. The quantitative estimate of drug-likeness (QED) is 0.564. The zero-order valence-corrected chi connectivity index (χ0v) is 18.9. The first-order chi connectivity index (χ1) is 16.1. The van der Waals surface area contributed by atoms with Gasteiger partial charge < -0.3 is 9.47 Å². The van der Waals surface area contributed by atoms with Gasteiger partial charge in [-0.25, -0.2) is 5.01 Å². The van der Waals surface area contributed by atoms with E-state index in [1.165, 1.54) is 11.1 Å². The van der Waals surface area contributed by atoms with Crippen molar-refractivity contribution in [3.05, 3.63) is 95.1 Å². The van der Waals surface area contributed by atoms with Crippen LogP contribution in [-0.4, -0.2) is 41.9 Å². The third-order valence-electron chi connectivity index (χ3n) is 6.03. The molecule has 0 N–H and O–H groups in total. The van der Waals surface area contributed by atoms with Crippen LogP contribution in [0, 0.1) is 6.92 Å². The van der Waals surface area contributed by atoms with Crippen LogP contribution in [0.3, 0.4) is 0 Å². The fourth-order valence-corrected chi connectivity index (χ4v) is 4.30. The second kappa shape index (κ2) is 9.08. The zero-order chi connectivity index (χ0) is 22.8. The maximum absolute atomic E-state index is 13.4. The molecular formula is C27H27N3O3. The standard InChI is InChI=1S/C27H27N3O3/c1-19-8-10-21(11-9-19)23-15-24(22-12-13-25-26(14-22)33-18-32-25)30(28-23)27(31)17-29(2)16-20-6-4-3-5-7-20/h3-14,24H,15-18H2,1-2H3. The van der Waals surface area contributed by atoms with Crippen LogP contribution in [0.4, 0.5) is 0 Å². The zero-order valence-electron chi connectivity index (χ0n) is 18.9. The molecule has 0 aliphatic carbocycles. The average molecular weight is 442 g/mol. The highest BCUT2D eigenvalue weighted by Crippen LogP contribution is 2.39. The van der Waals surface area contributed by atoms with E-state index in [4.69, 9.17) is 14.6 Å². The number of likely N-dealkylation sites (N-methyl/N-ethyl adjacent to an activating group) is 1. The van der Waals surface area contributed by atoms with Gasteiger partial charge in [0.15, 0.2) is 11.5 Å². The number of benzene rings is 3. The van der Waals surface area contributed by atoms with Crippen molar-refractivity contribution in [2.75, 3.05) is 20.4 Å². The summed E-state index contributed by atoms with van der Waals surface area (Å²) in [5.74, 6) is 1.42. The van der Waals surface area contributed by atoms with E-state index >= 15 is 0 Å². The molecule has 5 rings (SSSR count). The lowest BCUT2D eigenvalue weighted by molar-refractivity contribution is -0.134. The van der Waals surface area contributed by atoms with Crippen LogP contribution in [0.5, 0.6) is 11.5 Å². The third kappa shape index (κ3) is 4.61. The van der Waals surface area contributed by atoms with E-state index < -0.39 is 0 Å². The summed E-state index contributed by atoms with van der Waals surface area (Å²) in [5, 5.41) is 6.45. The molecule has 3 aromatic carbocycles. The minimum atomic E-state index is -0.187. The smallest absolute Gasteiger partial charge is 0.257 e. The Hall–Kier alpha value is -3.64. The number of amides is 1. The van der Waals surface area contributed by atoms with Gasteiger partial charge in [-0.2, -0.15) is 5.10 Å². The summed E-state index contributed by atoms with van der Waals surface area (Å²) < 4.78 is 11.0. The van der Waals surface area contributed by atoms with Crippen molar-refractivity contribution in [3.63, 3.8) is 0 Å². The first kappa shape index (κ1) is 21.2. The molecule has 6 heteroatoms. The molecule has 2 heterocycles. The van der Waals surface area contributed by atoms with Gasteiger partial charge in [0, 0.05) is 13.0 Å². The van der Waals surface area contributed by atoms with Crippen LogP contribution in [-0.2, 0) is 11.3 Å². The van der Waals surface area contributed by atoms with Gasteiger partial charge in [-0.1, -0.05) is 66.2 Å². The highest BCUT2D eigenvalue weighted by atomic mass is 16.7. The van der Waals surface area contributed by atoms with Crippen LogP contribution in [0.25, 0.3) is 0 Å². The molecule has 6 nitrogen and oxygen atoms in total. The van der Waals surface area contributed by atoms with E-state index in [-0.39, 0.29) is 25.3 Å². The number of hydrogen-bond acceptors (Lipinski definition) is 5. The van der Waals surface area contributed by atoms with Crippen molar-refractivity contribution in [1.82, 2.24) is 9.91 Å². The number of rotatable bonds is 6. The van der Waals surface area contributed by atoms with E-state index in [1.807, 2.05) is 48.3 Å². The number of nitrogens with zero attached hydrogens (tertiary/aromatic N) is 3. The lowest BCUT2D eigenvalue weighted by Gasteiger charge is -2.25. The lowest BCUT2D eigenvalue weighted by atomic mass is 9.97. The minimum absolute atomic E-state index is 0.0294. The number of carbonyl (C=O) groups excluding carboxylic acids is 1. The first-order valence-electron chi connectivity index (χ1n) is 11.2. The van der Waals surface area contributed by atoms with Crippen molar-refractivity contribution in [2.45, 2.75) is 25.9 Å². The van der Waals surface area contributed by atoms with Crippen LogP contribution in [0.15, 0.2) is 77.9 Å². The van der Waals surface area contributed by atoms with E-state index in [9.17, 15) is 4.79 Å². The number of hydrogen-bond donors (Lipinski definition) is 0. The summed E-state index contributed by atoms with van der Waals surface area (Å²) in [5.41, 5.74) is 5.31. The fraction of sp³-hybridized carbons (Fsp3) is 0.259. The second-order valence-corrected chi connectivity index (χ2v) is 8.64. The Morgan fingerprint density at radius 1 is 1.03 bits per heavy atom. The molecule has 2 aliphatic rings. The van der Waals surface area contributed by atoms with Gasteiger partial charge in [-0.15, -0.1) is 0 Å². The third-order valence-corrected chi connectivity index (χ3v) is 6.03. The Bertz CT molecular complexity index is 1170. The molecule has 33 heavy (non-hydrogen) atoms. The Kier molecular flexibility index (Phi) is 5.84. The molecule has 3 aromatic rings. The van der Waals surface area contributed by atoms with Gasteiger partial charge in [0.2, 0.25) is 6.79 Å². The summed E-state index contributed by atoms with van der Waals surface area (Å²) in [4.78, 5) is 15.4.